The Labute approximate surface area is 150 Å². The van der Waals surface area contributed by atoms with E-state index in [2.05, 4.69) is 36.5 Å². The summed E-state index contributed by atoms with van der Waals surface area (Å²) in [6, 6.07) is 14.6. The van der Waals surface area contributed by atoms with Crippen molar-refractivity contribution in [2.75, 3.05) is 0 Å². The van der Waals surface area contributed by atoms with Crippen molar-refractivity contribution in [3.8, 4) is 5.75 Å². The van der Waals surface area contributed by atoms with Crippen molar-refractivity contribution in [2.45, 2.75) is 58.6 Å². The topological polar surface area (TPSA) is 38.3 Å². The maximum atomic E-state index is 12.8. The third-order valence-corrected chi connectivity index (χ3v) is 4.95. The second-order valence-corrected chi connectivity index (χ2v) is 6.94. The van der Waals surface area contributed by atoms with Gasteiger partial charge in [0, 0.05) is 0 Å². The summed E-state index contributed by atoms with van der Waals surface area (Å²) >= 11 is 0. The quantitative estimate of drug-likeness (QED) is 0.862. The van der Waals surface area contributed by atoms with Crippen LogP contribution >= 0.6 is 0 Å². The van der Waals surface area contributed by atoms with Crippen LogP contribution in [0.3, 0.4) is 0 Å². The van der Waals surface area contributed by atoms with Gasteiger partial charge in [-0.25, -0.2) is 0 Å². The predicted octanol–water partition coefficient (Wildman–Crippen LogP) is 4.65. The number of ether oxygens (including phenoxy) is 1. The molecule has 3 heteroatoms. The zero-order valence-electron chi connectivity index (χ0n) is 15.3. The molecule has 1 aliphatic carbocycles. The molecule has 0 aromatic heterocycles. The van der Waals surface area contributed by atoms with E-state index < -0.39 is 6.10 Å². The first kappa shape index (κ1) is 17.5. The number of carbonyl (C=O) groups is 1. The molecule has 1 aliphatic rings. The zero-order valence-corrected chi connectivity index (χ0v) is 15.3. The van der Waals surface area contributed by atoms with Crippen LogP contribution in [0.15, 0.2) is 42.5 Å². The largest absolute Gasteiger partial charge is 0.480 e. The van der Waals surface area contributed by atoms with Gasteiger partial charge in [0.1, 0.15) is 5.75 Å². The lowest BCUT2D eigenvalue weighted by atomic mass is 9.87. The summed E-state index contributed by atoms with van der Waals surface area (Å²) in [6.07, 6.45) is 3.38. The number of nitrogens with one attached hydrogen (secondary N) is 1. The molecule has 0 fully saturated rings. The first-order valence-corrected chi connectivity index (χ1v) is 9.20. The van der Waals surface area contributed by atoms with E-state index in [-0.39, 0.29) is 11.9 Å². The van der Waals surface area contributed by atoms with Crippen LogP contribution in [0.2, 0.25) is 0 Å². The van der Waals surface area contributed by atoms with Gasteiger partial charge in [-0.05, 0) is 62.3 Å². The smallest absolute Gasteiger partial charge is 0.261 e. The summed E-state index contributed by atoms with van der Waals surface area (Å²) in [5.41, 5.74) is 4.86. The standard InChI is InChI=1S/C22H27NO2/c1-4-20(25-21-13-12-15(2)14-16(21)3)22(24)23-19-11-7-9-17-8-5-6-10-18(17)19/h5-6,8,10,12-14,19-20H,4,7,9,11H2,1-3H3,(H,23,24). The van der Waals surface area contributed by atoms with E-state index in [9.17, 15) is 4.79 Å². The van der Waals surface area contributed by atoms with E-state index in [0.29, 0.717) is 6.42 Å². The van der Waals surface area contributed by atoms with Crippen molar-refractivity contribution in [3.63, 3.8) is 0 Å². The second-order valence-electron chi connectivity index (χ2n) is 6.94. The minimum atomic E-state index is -0.463. The molecule has 0 bridgehead atoms. The van der Waals surface area contributed by atoms with Gasteiger partial charge in [0.15, 0.2) is 6.10 Å². The Morgan fingerprint density at radius 1 is 1.24 bits per heavy atom. The van der Waals surface area contributed by atoms with Crippen LogP contribution in [0, 0.1) is 13.8 Å². The van der Waals surface area contributed by atoms with Gasteiger partial charge < -0.3 is 10.1 Å². The molecular weight excluding hydrogens is 310 g/mol. The first-order valence-electron chi connectivity index (χ1n) is 9.20. The minimum Gasteiger partial charge on any atom is -0.480 e. The molecule has 3 nitrogen and oxygen atoms in total. The molecule has 2 unspecified atom stereocenters. The van der Waals surface area contributed by atoms with Crippen molar-refractivity contribution >= 4 is 5.91 Å². The molecule has 1 amide bonds. The number of rotatable bonds is 5. The van der Waals surface area contributed by atoms with Gasteiger partial charge in [-0.3, -0.25) is 4.79 Å². The molecule has 2 atom stereocenters. The summed E-state index contributed by atoms with van der Waals surface area (Å²) in [6.45, 7) is 6.06. The maximum Gasteiger partial charge on any atom is 0.261 e. The zero-order chi connectivity index (χ0) is 17.8. The summed E-state index contributed by atoms with van der Waals surface area (Å²) in [4.78, 5) is 12.8. The molecular formula is C22H27NO2. The molecule has 0 radical (unpaired) electrons. The monoisotopic (exact) mass is 337 g/mol. The number of amides is 1. The Hall–Kier alpha value is -2.29. The van der Waals surface area contributed by atoms with E-state index >= 15 is 0 Å². The van der Waals surface area contributed by atoms with Crippen LogP contribution in [0.5, 0.6) is 5.75 Å². The van der Waals surface area contributed by atoms with Gasteiger partial charge in [0.2, 0.25) is 0 Å². The molecule has 1 N–H and O–H groups in total. The number of fused-ring (bicyclic) bond motifs is 1. The van der Waals surface area contributed by atoms with E-state index in [1.165, 1.54) is 16.7 Å². The van der Waals surface area contributed by atoms with Crippen molar-refractivity contribution < 1.29 is 9.53 Å². The van der Waals surface area contributed by atoms with Crippen LogP contribution in [0.4, 0.5) is 0 Å². The van der Waals surface area contributed by atoms with Crippen LogP contribution in [0.1, 0.15) is 54.5 Å². The molecule has 2 aromatic carbocycles. The van der Waals surface area contributed by atoms with Gasteiger partial charge in [-0.15, -0.1) is 0 Å². The Balaban J connectivity index is 1.71. The molecule has 0 saturated heterocycles. The Morgan fingerprint density at radius 2 is 2.04 bits per heavy atom. The summed E-state index contributed by atoms with van der Waals surface area (Å²) in [7, 11) is 0. The van der Waals surface area contributed by atoms with Gasteiger partial charge in [-0.2, -0.15) is 0 Å². The Kier molecular flexibility index (Phi) is 5.42. The van der Waals surface area contributed by atoms with Crippen molar-refractivity contribution in [2.24, 2.45) is 0 Å². The average Bonchev–Trinajstić information content (AvgIpc) is 2.61. The third kappa shape index (κ3) is 4.04. The molecule has 2 aromatic rings. The molecule has 0 spiro atoms. The second kappa shape index (κ2) is 7.73. The highest BCUT2D eigenvalue weighted by molar-refractivity contribution is 5.81. The Bertz CT molecular complexity index is 753. The predicted molar refractivity (Wildman–Crippen MR) is 101 cm³/mol. The van der Waals surface area contributed by atoms with Gasteiger partial charge in [-0.1, -0.05) is 48.9 Å². The molecule has 0 heterocycles. The molecule has 0 aliphatic heterocycles. The van der Waals surface area contributed by atoms with Crippen LogP contribution in [0.25, 0.3) is 0 Å². The number of hydrogen-bond acceptors (Lipinski definition) is 2. The van der Waals surface area contributed by atoms with E-state index in [0.717, 1.165) is 30.6 Å². The van der Waals surface area contributed by atoms with E-state index in [4.69, 9.17) is 4.74 Å². The molecule has 132 valence electrons. The fourth-order valence-corrected chi connectivity index (χ4v) is 3.58. The SMILES string of the molecule is CCC(Oc1ccc(C)cc1C)C(=O)NC1CCCc2ccccc21. The fraction of sp³-hybridized carbons (Fsp3) is 0.409. The normalized spacial score (nSPS) is 17.5. The number of aryl methyl sites for hydroxylation is 3. The number of carbonyl (C=O) groups excluding carboxylic acids is 1. The molecule has 0 saturated carbocycles. The van der Waals surface area contributed by atoms with Crippen LogP contribution in [-0.4, -0.2) is 12.0 Å². The lowest BCUT2D eigenvalue weighted by Gasteiger charge is -2.28. The van der Waals surface area contributed by atoms with Crippen molar-refractivity contribution in [1.29, 1.82) is 0 Å². The summed E-state index contributed by atoms with van der Waals surface area (Å²) < 4.78 is 6.03. The number of hydrogen-bond donors (Lipinski definition) is 1. The van der Waals surface area contributed by atoms with Crippen LogP contribution in [-0.2, 0) is 11.2 Å². The van der Waals surface area contributed by atoms with Gasteiger partial charge in [0.05, 0.1) is 6.04 Å². The third-order valence-electron chi connectivity index (χ3n) is 4.95. The Morgan fingerprint density at radius 3 is 2.80 bits per heavy atom. The maximum absolute atomic E-state index is 12.8. The van der Waals surface area contributed by atoms with E-state index in [1.807, 2.05) is 32.0 Å². The highest BCUT2D eigenvalue weighted by atomic mass is 16.5. The van der Waals surface area contributed by atoms with Gasteiger partial charge in [0.25, 0.3) is 5.91 Å². The van der Waals surface area contributed by atoms with E-state index in [1.54, 1.807) is 0 Å². The highest BCUT2D eigenvalue weighted by Crippen LogP contribution is 2.30. The summed E-state index contributed by atoms with van der Waals surface area (Å²) in [5, 5.41) is 3.21. The van der Waals surface area contributed by atoms with Crippen molar-refractivity contribution in [3.05, 3.63) is 64.7 Å². The lowest BCUT2D eigenvalue weighted by molar-refractivity contribution is -0.129. The average molecular weight is 337 g/mol. The number of benzene rings is 2. The lowest BCUT2D eigenvalue weighted by Crippen LogP contribution is -2.41. The molecule has 3 rings (SSSR count). The molecule has 25 heavy (non-hydrogen) atoms. The van der Waals surface area contributed by atoms with Crippen LogP contribution < -0.4 is 10.1 Å². The first-order chi connectivity index (χ1) is 12.1. The van der Waals surface area contributed by atoms with Gasteiger partial charge >= 0.3 is 0 Å². The van der Waals surface area contributed by atoms with Crippen molar-refractivity contribution in [1.82, 2.24) is 5.32 Å². The fourth-order valence-electron chi connectivity index (χ4n) is 3.58. The minimum absolute atomic E-state index is 0.0239. The highest BCUT2D eigenvalue weighted by Gasteiger charge is 2.26. The summed E-state index contributed by atoms with van der Waals surface area (Å²) in [5.74, 6) is 0.765.